The van der Waals surface area contributed by atoms with Crippen LogP contribution in [0.4, 0.5) is 4.39 Å². The number of carbonyl (C=O) groups excluding carboxylic acids is 1. The number of amides is 1. The van der Waals surface area contributed by atoms with Crippen molar-refractivity contribution in [3.8, 4) is 22.8 Å². The van der Waals surface area contributed by atoms with Crippen molar-refractivity contribution in [1.82, 2.24) is 20.3 Å². The summed E-state index contributed by atoms with van der Waals surface area (Å²) in [6.07, 6.45) is 3.14. The number of rotatable bonds is 7. The summed E-state index contributed by atoms with van der Waals surface area (Å²) in [6.45, 7) is 0.478. The lowest BCUT2D eigenvalue weighted by atomic mass is 9.96. The number of aliphatic hydroxyl groups is 1. The Labute approximate surface area is 195 Å². The first-order valence-electron chi connectivity index (χ1n) is 11.2. The van der Waals surface area contributed by atoms with Gasteiger partial charge in [-0.2, -0.15) is 0 Å². The first-order chi connectivity index (χ1) is 16.6. The van der Waals surface area contributed by atoms with Gasteiger partial charge in [-0.3, -0.25) is 9.48 Å². The van der Waals surface area contributed by atoms with Gasteiger partial charge in [0.25, 0.3) is 5.91 Å². The lowest BCUT2D eigenvalue weighted by Gasteiger charge is -2.36. The number of ether oxygens (including phenoxy) is 3. The van der Waals surface area contributed by atoms with Crippen LogP contribution in [0.15, 0.2) is 48.7 Å². The van der Waals surface area contributed by atoms with Gasteiger partial charge >= 0.3 is 0 Å². The molecule has 1 aromatic heterocycles. The summed E-state index contributed by atoms with van der Waals surface area (Å²) < 4.78 is 32.3. The molecule has 5 rings (SSSR count). The summed E-state index contributed by atoms with van der Waals surface area (Å²) in [5, 5.41) is 21.0. The number of carbonyl (C=O) groups is 1. The van der Waals surface area contributed by atoms with Crippen LogP contribution in [-0.2, 0) is 11.3 Å². The van der Waals surface area contributed by atoms with Gasteiger partial charge in [-0.15, -0.1) is 5.10 Å². The molecule has 2 N–H and O–H groups in total. The van der Waals surface area contributed by atoms with Gasteiger partial charge in [0.15, 0.2) is 11.5 Å². The molecule has 0 saturated carbocycles. The summed E-state index contributed by atoms with van der Waals surface area (Å²) in [6, 6.07) is 11.2. The van der Waals surface area contributed by atoms with Gasteiger partial charge in [-0.25, -0.2) is 4.39 Å². The molecular formula is C24H25FN4O5. The maximum atomic E-state index is 14.0. The third-order valence-electron chi connectivity index (χ3n) is 6.12. The number of fused-ring (bicyclic) bond motifs is 1. The van der Waals surface area contributed by atoms with Crippen molar-refractivity contribution in [2.24, 2.45) is 0 Å². The Morgan fingerprint density at radius 2 is 2.03 bits per heavy atom. The third-order valence-corrected chi connectivity index (χ3v) is 6.12. The fourth-order valence-electron chi connectivity index (χ4n) is 4.27. The average Bonchev–Trinajstić information content (AvgIpc) is 3.52. The van der Waals surface area contributed by atoms with Crippen LogP contribution in [0.3, 0.4) is 0 Å². The fraction of sp³-hybridized carbons (Fsp3) is 0.375. The van der Waals surface area contributed by atoms with Crippen molar-refractivity contribution in [3.63, 3.8) is 0 Å². The Morgan fingerprint density at radius 1 is 1.18 bits per heavy atom. The zero-order valence-electron chi connectivity index (χ0n) is 18.4. The maximum absolute atomic E-state index is 14.0. The molecule has 1 amide bonds. The number of nitrogens with zero attached hydrogens (tertiary/aromatic N) is 3. The number of aromatic nitrogens is 3. The van der Waals surface area contributed by atoms with Crippen molar-refractivity contribution < 1.29 is 28.5 Å². The lowest BCUT2D eigenvalue weighted by molar-refractivity contribution is -0.0912. The number of halogens is 1. The van der Waals surface area contributed by atoms with Gasteiger partial charge in [0.1, 0.15) is 17.6 Å². The number of aryl methyl sites for hydroxylation is 1. The smallest absolute Gasteiger partial charge is 0.251 e. The van der Waals surface area contributed by atoms with Crippen LogP contribution in [0.1, 0.15) is 29.6 Å². The van der Waals surface area contributed by atoms with E-state index in [9.17, 15) is 14.3 Å². The average molecular weight is 468 g/mol. The molecule has 3 aromatic rings. The highest BCUT2D eigenvalue weighted by Gasteiger charge is 2.32. The highest BCUT2D eigenvalue weighted by molar-refractivity contribution is 5.95. The Kier molecular flexibility index (Phi) is 6.41. The molecule has 0 spiro atoms. The van der Waals surface area contributed by atoms with Crippen molar-refractivity contribution in [2.45, 2.75) is 44.1 Å². The second-order valence-corrected chi connectivity index (χ2v) is 8.34. The second-order valence-electron chi connectivity index (χ2n) is 8.34. The molecule has 34 heavy (non-hydrogen) atoms. The van der Waals surface area contributed by atoms with E-state index in [1.807, 2.05) is 0 Å². The predicted octanol–water partition coefficient (Wildman–Crippen LogP) is 2.54. The van der Waals surface area contributed by atoms with Crippen LogP contribution in [0.25, 0.3) is 11.3 Å². The van der Waals surface area contributed by atoms with E-state index < -0.39 is 6.10 Å². The predicted molar refractivity (Wildman–Crippen MR) is 119 cm³/mol. The molecule has 0 aliphatic carbocycles. The van der Waals surface area contributed by atoms with Gasteiger partial charge in [0.05, 0.1) is 24.9 Å². The van der Waals surface area contributed by atoms with Gasteiger partial charge in [-0.05, 0) is 49.6 Å². The monoisotopic (exact) mass is 468 g/mol. The number of benzene rings is 2. The summed E-state index contributed by atoms with van der Waals surface area (Å²) in [4.78, 5) is 12.7. The Hall–Kier alpha value is -3.50. The normalized spacial score (nSPS) is 21.4. The Morgan fingerprint density at radius 3 is 2.88 bits per heavy atom. The van der Waals surface area contributed by atoms with Crippen LogP contribution in [0.2, 0.25) is 0 Å². The highest BCUT2D eigenvalue weighted by Crippen LogP contribution is 2.32. The molecule has 3 atom stereocenters. The number of hydrogen-bond donors (Lipinski definition) is 2. The highest BCUT2D eigenvalue weighted by atomic mass is 19.1. The third kappa shape index (κ3) is 4.73. The van der Waals surface area contributed by atoms with Crippen LogP contribution in [0.5, 0.6) is 11.5 Å². The van der Waals surface area contributed by atoms with E-state index in [2.05, 4.69) is 15.6 Å². The topological polar surface area (TPSA) is 108 Å². The van der Waals surface area contributed by atoms with Gasteiger partial charge < -0.3 is 24.6 Å². The molecule has 178 valence electrons. The molecule has 2 aliphatic heterocycles. The first kappa shape index (κ1) is 22.3. The van der Waals surface area contributed by atoms with Crippen molar-refractivity contribution >= 4 is 5.91 Å². The molecule has 2 aromatic carbocycles. The minimum absolute atomic E-state index is 0.100. The van der Waals surface area contributed by atoms with Crippen LogP contribution < -0.4 is 14.8 Å². The minimum Gasteiger partial charge on any atom is -0.454 e. The quantitative estimate of drug-likeness (QED) is 0.549. The molecule has 3 heterocycles. The zero-order chi connectivity index (χ0) is 23.5. The molecule has 2 aliphatic rings. The molecular weight excluding hydrogens is 443 g/mol. The Balaban J connectivity index is 1.15. The summed E-state index contributed by atoms with van der Waals surface area (Å²) in [5.74, 6) is 0.552. The van der Waals surface area contributed by atoms with Gasteiger partial charge in [0, 0.05) is 17.7 Å². The lowest BCUT2D eigenvalue weighted by Crippen LogP contribution is -2.51. The van der Waals surface area contributed by atoms with Gasteiger partial charge in [0.2, 0.25) is 6.79 Å². The van der Waals surface area contributed by atoms with E-state index in [-0.39, 0.29) is 37.3 Å². The fourth-order valence-corrected chi connectivity index (χ4v) is 4.27. The van der Waals surface area contributed by atoms with Crippen molar-refractivity contribution in [3.05, 3.63) is 60.0 Å². The minimum atomic E-state index is -0.513. The number of hydrogen-bond acceptors (Lipinski definition) is 7. The molecule has 0 unspecified atom stereocenters. The standard InChI is InChI=1S/C24H25FN4O5/c25-18-4-2-1-3-17(18)20-12-29(28-27-20)10-9-16-6-7-19(23(13-30)34-16)26-24(31)15-5-8-21-22(11-15)33-14-32-21/h1-5,8,11-12,16,19,23,30H,6-7,9-10,13-14H2,(H,26,31)/t16-,19-,23-/m1/s1. The van der Waals surface area contributed by atoms with E-state index in [0.29, 0.717) is 47.7 Å². The van der Waals surface area contributed by atoms with E-state index in [1.165, 1.54) is 6.07 Å². The SMILES string of the molecule is O=C(N[C@@H]1CC[C@H](CCn2cc(-c3ccccc3F)nn2)O[C@@H]1CO)c1ccc2c(c1)OCO2. The molecule has 1 fully saturated rings. The van der Waals surface area contributed by atoms with Crippen LogP contribution >= 0.6 is 0 Å². The zero-order valence-corrected chi connectivity index (χ0v) is 18.4. The van der Waals surface area contributed by atoms with Crippen molar-refractivity contribution in [2.75, 3.05) is 13.4 Å². The van der Waals surface area contributed by atoms with E-state index in [0.717, 1.165) is 6.42 Å². The molecule has 0 bridgehead atoms. The maximum Gasteiger partial charge on any atom is 0.251 e. The van der Waals surface area contributed by atoms with Crippen molar-refractivity contribution in [1.29, 1.82) is 0 Å². The molecule has 0 radical (unpaired) electrons. The second kappa shape index (κ2) is 9.78. The number of nitrogens with one attached hydrogen (secondary N) is 1. The van der Waals surface area contributed by atoms with Crippen LogP contribution in [0, 0.1) is 5.82 Å². The molecule has 1 saturated heterocycles. The largest absolute Gasteiger partial charge is 0.454 e. The summed E-state index contributed by atoms with van der Waals surface area (Å²) in [7, 11) is 0. The molecule has 10 heteroatoms. The van der Waals surface area contributed by atoms with Crippen LogP contribution in [-0.4, -0.2) is 57.7 Å². The molecule has 9 nitrogen and oxygen atoms in total. The Bertz CT molecular complexity index is 1170. The van der Waals surface area contributed by atoms with E-state index >= 15 is 0 Å². The first-order valence-corrected chi connectivity index (χ1v) is 11.2. The summed E-state index contributed by atoms with van der Waals surface area (Å²) in [5.41, 5.74) is 1.34. The van der Waals surface area contributed by atoms with Gasteiger partial charge in [-0.1, -0.05) is 17.3 Å². The number of aliphatic hydroxyl groups excluding tert-OH is 1. The summed E-state index contributed by atoms with van der Waals surface area (Å²) >= 11 is 0. The van der Waals surface area contributed by atoms with E-state index in [4.69, 9.17) is 14.2 Å². The van der Waals surface area contributed by atoms with E-state index in [1.54, 1.807) is 47.3 Å².